The van der Waals surface area contributed by atoms with Crippen molar-refractivity contribution >= 4 is 23.4 Å². The number of thioether (sulfide) groups is 1. The van der Waals surface area contributed by atoms with Gasteiger partial charge in [-0.25, -0.2) is 0 Å². The van der Waals surface area contributed by atoms with Crippen LogP contribution in [0.1, 0.15) is 0 Å². The molecular weight excluding hydrogens is 463 g/mol. The summed E-state index contributed by atoms with van der Waals surface area (Å²) in [7, 11) is 4.30. The zero-order valence-electron chi connectivity index (χ0n) is 17.9. The highest BCUT2D eigenvalue weighted by atomic mass is 32.2. The molecule has 0 saturated carbocycles. The molecule has 3 aromatic rings. The molecule has 0 fully saturated rings. The zero-order valence-corrected chi connectivity index (χ0v) is 18.7. The van der Waals surface area contributed by atoms with E-state index in [0.29, 0.717) is 22.0 Å². The average molecular weight is 483 g/mol. The molecule has 0 spiro atoms. The second-order valence-electron chi connectivity index (χ2n) is 6.49. The summed E-state index contributed by atoms with van der Waals surface area (Å²) < 4.78 is 60.6. The highest BCUT2D eigenvalue weighted by molar-refractivity contribution is 7.99. The number of halogens is 3. The van der Waals surface area contributed by atoms with Crippen molar-refractivity contribution in [2.24, 2.45) is 0 Å². The molecule has 8 nitrogen and oxygen atoms in total. The van der Waals surface area contributed by atoms with Gasteiger partial charge in [0, 0.05) is 6.07 Å². The fourth-order valence-corrected chi connectivity index (χ4v) is 3.53. The highest BCUT2D eigenvalue weighted by Crippen LogP contribution is 2.35. The summed E-state index contributed by atoms with van der Waals surface area (Å²) in [5.74, 6) is 0.0986. The number of rotatable bonds is 9. The molecule has 1 aromatic heterocycles. The van der Waals surface area contributed by atoms with Crippen LogP contribution in [0.15, 0.2) is 52.1 Å². The number of amides is 1. The van der Waals surface area contributed by atoms with Crippen molar-refractivity contribution in [3.8, 4) is 28.7 Å². The Morgan fingerprint density at radius 1 is 1.03 bits per heavy atom. The van der Waals surface area contributed by atoms with Crippen LogP contribution in [0.5, 0.6) is 17.2 Å². The molecule has 0 bridgehead atoms. The van der Waals surface area contributed by atoms with E-state index in [1.165, 1.54) is 39.5 Å². The lowest BCUT2D eigenvalue weighted by Gasteiger charge is -2.25. The molecule has 2 aromatic carbocycles. The maximum Gasteiger partial charge on any atom is 0.406 e. The van der Waals surface area contributed by atoms with E-state index in [-0.39, 0.29) is 28.3 Å². The van der Waals surface area contributed by atoms with Gasteiger partial charge in [-0.3, -0.25) is 9.69 Å². The van der Waals surface area contributed by atoms with Gasteiger partial charge < -0.3 is 18.6 Å². The van der Waals surface area contributed by atoms with Gasteiger partial charge in [0.15, 0.2) is 0 Å². The Kier molecular flexibility index (Phi) is 7.69. The number of methoxy groups -OCH3 is 3. The summed E-state index contributed by atoms with van der Waals surface area (Å²) in [6.07, 6.45) is -4.61. The molecule has 1 amide bonds. The maximum atomic E-state index is 13.2. The summed E-state index contributed by atoms with van der Waals surface area (Å²) >= 11 is 0.822. The molecule has 1 heterocycles. The van der Waals surface area contributed by atoms with Crippen molar-refractivity contribution in [3.05, 3.63) is 42.5 Å². The van der Waals surface area contributed by atoms with E-state index in [2.05, 4.69) is 10.2 Å². The Balaban J connectivity index is 1.77. The molecule has 3 rings (SSSR count). The quantitative estimate of drug-likeness (QED) is 0.413. The van der Waals surface area contributed by atoms with Gasteiger partial charge in [-0.2, -0.15) is 13.2 Å². The van der Waals surface area contributed by atoms with Gasteiger partial charge in [0.05, 0.1) is 38.3 Å². The third kappa shape index (κ3) is 6.09. The Labute approximate surface area is 191 Å². The van der Waals surface area contributed by atoms with Crippen LogP contribution in [0.3, 0.4) is 0 Å². The van der Waals surface area contributed by atoms with Crippen molar-refractivity contribution in [1.82, 2.24) is 10.2 Å². The lowest BCUT2D eigenvalue weighted by atomic mass is 10.2. The van der Waals surface area contributed by atoms with E-state index in [9.17, 15) is 18.0 Å². The van der Waals surface area contributed by atoms with Crippen LogP contribution in [0.25, 0.3) is 11.5 Å². The standard InChI is InChI=1S/C21H20F3N3O5S/c1-29-13-8-9-14(17(10-13)31-3)19-25-26-20(32-19)33-11-18(28)27(12-21(22,23)24)15-6-4-5-7-16(15)30-2/h4-10H,11-12H2,1-3H3. The molecule has 0 aliphatic carbocycles. The maximum absolute atomic E-state index is 13.2. The molecule has 0 aliphatic rings. The zero-order chi connectivity index (χ0) is 24.0. The first-order valence-corrected chi connectivity index (χ1v) is 10.4. The molecule has 0 aliphatic heterocycles. The Hall–Kier alpha value is -3.41. The van der Waals surface area contributed by atoms with E-state index >= 15 is 0 Å². The Morgan fingerprint density at radius 3 is 2.42 bits per heavy atom. The lowest BCUT2D eigenvalue weighted by molar-refractivity contribution is -0.131. The summed E-state index contributed by atoms with van der Waals surface area (Å²) in [5, 5.41) is 7.82. The number of benzene rings is 2. The third-order valence-electron chi connectivity index (χ3n) is 4.38. The van der Waals surface area contributed by atoms with Crippen LogP contribution in [-0.2, 0) is 4.79 Å². The second kappa shape index (κ2) is 10.5. The number of hydrogen-bond acceptors (Lipinski definition) is 8. The summed E-state index contributed by atoms with van der Waals surface area (Å²) in [4.78, 5) is 13.4. The molecule has 0 unspecified atom stereocenters. The van der Waals surface area contributed by atoms with Crippen molar-refractivity contribution < 1.29 is 36.6 Å². The van der Waals surface area contributed by atoms with Crippen molar-refractivity contribution in [2.75, 3.05) is 38.5 Å². The van der Waals surface area contributed by atoms with Crippen LogP contribution in [0, 0.1) is 0 Å². The molecular formula is C21H20F3N3O5S. The molecule has 0 radical (unpaired) electrons. The predicted molar refractivity (Wildman–Crippen MR) is 115 cm³/mol. The van der Waals surface area contributed by atoms with Gasteiger partial charge >= 0.3 is 6.18 Å². The molecule has 0 atom stereocenters. The minimum atomic E-state index is -4.61. The SMILES string of the molecule is COc1ccc(-c2nnc(SCC(=O)N(CC(F)(F)F)c3ccccc3OC)o2)c(OC)c1. The minimum Gasteiger partial charge on any atom is -0.497 e. The molecule has 0 N–H and O–H groups in total. The van der Waals surface area contributed by atoms with E-state index in [0.717, 1.165) is 11.8 Å². The molecule has 0 saturated heterocycles. The minimum absolute atomic E-state index is 0.0112. The van der Waals surface area contributed by atoms with Gasteiger partial charge in [-0.05, 0) is 24.3 Å². The van der Waals surface area contributed by atoms with Crippen LogP contribution in [0.2, 0.25) is 0 Å². The second-order valence-corrected chi connectivity index (χ2v) is 7.42. The Bertz CT molecular complexity index is 1110. The first-order chi connectivity index (χ1) is 15.8. The lowest BCUT2D eigenvalue weighted by Crippen LogP contribution is -2.40. The predicted octanol–water partition coefficient (Wildman–Crippen LogP) is 4.45. The average Bonchev–Trinajstić information content (AvgIpc) is 3.28. The number of para-hydroxylation sites is 2. The fourth-order valence-electron chi connectivity index (χ4n) is 2.89. The number of nitrogens with zero attached hydrogens (tertiary/aromatic N) is 3. The van der Waals surface area contributed by atoms with Crippen molar-refractivity contribution in [2.45, 2.75) is 11.4 Å². The van der Waals surface area contributed by atoms with Gasteiger partial charge in [0.2, 0.25) is 5.91 Å². The van der Waals surface area contributed by atoms with Gasteiger partial charge in [0.25, 0.3) is 11.1 Å². The number of aromatic nitrogens is 2. The van der Waals surface area contributed by atoms with Crippen molar-refractivity contribution in [3.63, 3.8) is 0 Å². The van der Waals surface area contributed by atoms with E-state index in [1.807, 2.05) is 0 Å². The monoisotopic (exact) mass is 483 g/mol. The molecule has 176 valence electrons. The highest BCUT2D eigenvalue weighted by Gasteiger charge is 2.35. The Morgan fingerprint density at radius 2 is 1.76 bits per heavy atom. The van der Waals surface area contributed by atoms with Crippen molar-refractivity contribution in [1.29, 1.82) is 0 Å². The van der Waals surface area contributed by atoms with Crippen LogP contribution >= 0.6 is 11.8 Å². The van der Waals surface area contributed by atoms with Crippen LogP contribution < -0.4 is 19.1 Å². The van der Waals surface area contributed by atoms with E-state index in [4.69, 9.17) is 18.6 Å². The van der Waals surface area contributed by atoms with E-state index < -0.39 is 18.6 Å². The fraction of sp³-hybridized carbons (Fsp3) is 0.286. The first-order valence-electron chi connectivity index (χ1n) is 9.44. The van der Waals surface area contributed by atoms with Gasteiger partial charge in [-0.15, -0.1) is 10.2 Å². The number of anilines is 1. The van der Waals surface area contributed by atoms with Crippen LogP contribution in [0.4, 0.5) is 18.9 Å². The number of carbonyl (C=O) groups is 1. The summed E-state index contributed by atoms with van der Waals surface area (Å²) in [6.45, 7) is -1.47. The largest absolute Gasteiger partial charge is 0.497 e. The van der Waals surface area contributed by atoms with Crippen LogP contribution in [-0.4, -0.2) is 55.9 Å². The van der Waals surface area contributed by atoms with E-state index in [1.54, 1.807) is 24.3 Å². The smallest absolute Gasteiger partial charge is 0.406 e. The topological polar surface area (TPSA) is 86.9 Å². The van der Waals surface area contributed by atoms with Gasteiger partial charge in [0.1, 0.15) is 23.8 Å². The number of alkyl halides is 3. The number of ether oxygens (including phenoxy) is 3. The molecule has 12 heteroatoms. The normalized spacial score (nSPS) is 11.2. The number of carbonyl (C=O) groups excluding carboxylic acids is 1. The third-order valence-corrected chi connectivity index (χ3v) is 5.18. The number of hydrogen-bond donors (Lipinski definition) is 0. The summed E-state index contributed by atoms with van der Waals surface area (Å²) in [6, 6.07) is 11.0. The first kappa shape index (κ1) is 24.2. The van der Waals surface area contributed by atoms with Gasteiger partial charge in [-0.1, -0.05) is 23.9 Å². The molecule has 33 heavy (non-hydrogen) atoms. The summed E-state index contributed by atoms with van der Waals surface area (Å²) in [5.41, 5.74) is 0.508.